The highest BCUT2D eigenvalue weighted by Crippen LogP contribution is 2.42. The molecule has 4 rings (SSSR count). The molecule has 1 N–H and O–H groups in total. The van der Waals surface area contributed by atoms with Crippen molar-refractivity contribution in [2.75, 3.05) is 33.3 Å². The summed E-state index contributed by atoms with van der Waals surface area (Å²) in [6.07, 6.45) is 8.07. The second kappa shape index (κ2) is 7.83. The van der Waals surface area contributed by atoms with Gasteiger partial charge in [-0.1, -0.05) is 12.5 Å². The lowest BCUT2D eigenvalue weighted by Gasteiger charge is -2.30. The lowest BCUT2D eigenvalue weighted by molar-refractivity contribution is -0.117. The molecule has 1 amide bonds. The van der Waals surface area contributed by atoms with Gasteiger partial charge in [0.15, 0.2) is 0 Å². The number of nitrogens with one attached hydrogen (secondary N) is 1. The monoisotopic (exact) mass is 354 g/mol. The van der Waals surface area contributed by atoms with E-state index in [2.05, 4.69) is 22.3 Å². The summed E-state index contributed by atoms with van der Waals surface area (Å²) in [7, 11) is 1.72. The molecule has 0 spiro atoms. The standard InChI is InChI=1S/C22H30N2O2/c1-26-18-7-8-19-17(15-18)6-5-16-9-11-23-22(25)20(21(16)19)10-14-24-12-3-2-4-13-24/h7-8,15-16H,2-6,9-14H2,1H3,(H,23,25). The molecule has 1 aliphatic carbocycles. The van der Waals surface area contributed by atoms with Gasteiger partial charge >= 0.3 is 0 Å². The van der Waals surface area contributed by atoms with Crippen molar-refractivity contribution < 1.29 is 9.53 Å². The van der Waals surface area contributed by atoms with Gasteiger partial charge in [-0.05, 0) is 86.4 Å². The molecule has 3 aliphatic rings. The number of piperidine rings is 1. The minimum atomic E-state index is 0.156. The topological polar surface area (TPSA) is 41.6 Å². The minimum absolute atomic E-state index is 0.156. The molecular weight excluding hydrogens is 324 g/mol. The van der Waals surface area contributed by atoms with Crippen LogP contribution in [0.2, 0.25) is 0 Å². The van der Waals surface area contributed by atoms with Gasteiger partial charge in [0.05, 0.1) is 7.11 Å². The first kappa shape index (κ1) is 17.6. The van der Waals surface area contributed by atoms with Crippen LogP contribution in [0.25, 0.3) is 5.57 Å². The Bertz CT molecular complexity index is 704. The molecular formula is C22H30N2O2. The highest BCUT2D eigenvalue weighted by molar-refractivity contribution is 6.02. The Kier molecular flexibility index (Phi) is 5.30. The van der Waals surface area contributed by atoms with E-state index in [1.54, 1.807) is 7.11 Å². The maximum atomic E-state index is 12.9. The van der Waals surface area contributed by atoms with Crippen LogP contribution in [0.3, 0.4) is 0 Å². The van der Waals surface area contributed by atoms with Crippen LogP contribution in [0.4, 0.5) is 0 Å². The van der Waals surface area contributed by atoms with Crippen LogP contribution in [0, 0.1) is 5.92 Å². The summed E-state index contributed by atoms with van der Waals surface area (Å²) in [4.78, 5) is 15.4. The van der Waals surface area contributed by atoms with E-state index in [0.29, 0.717) is 5.92 Å². The highest BCUT2D eigenvalue weighted by Gasteiger charge is 2.31. The molecule has 1 atom stereocenters. The van der Waals surface area contributed by atoms with Gasteiger partial charge in [-0.15, -0.1) is 0 Å². The maximum absolute atomic E-state index is 12.9. The van der Waals surface area contributed by atoms with Crippen LogP contribution in [0.15, 0.2) is 23.8 Å². The van der Waals surface area contributed by atoms with E-state index < -0.39 is 0 Å². The van der Waals surface area contributed by atoms with Gasteiger partial charge in [-0.3, -0.25) is 4.79 Å². The summed E-state index contributed by atoms with van der Waals surface area (Å²) in [5.74, 6) is 1.57. The molecule has 26 heavy (non-hydrogen) atoms. The second-order valence-corrected chi connectivity index (χ2v) is 7.85. The first-order valence-electron chi connectivity index (χ1n) is 10.2. The van der Waals surface area contributed by atoms with Crippen molar-refractivity contribution in [3.8, 4) is 5.75 Å². The summed E-state index contributed by atoms with van der Waals surface area (Å²) in [6.45, 7) is 4.17. The van der Waals surface area contributed by atoms with Crippen molar-refractivity contribution >= 4 is 11.5 Å². The van der Waals surface area contributed by atoms with Crippen LogP contribution >= 0.6 is 0 Å². The van der Waals surface area contributed by atoms with Crippen molar-refractivity contribution in [3.05, 3.63) is 34.9 Å². The number of benzene rings is 1. The summed E-state index contributed by atoms with van der Waals surface area (Å²) in [5, 5.41) is 3.15. The number of nitrogens with zero attached hydrogens (tertiary/aromatic N) is 1. The van der Waals surface area contributed by atoms with Crippen LogP contribution in [-0.4, -0.2) is 44.1 Å². The number of ether oxygens (including phenoxy) is 1. The minimum Gasteiger partial charge on any atom is -0.497 e. The van der Waals surface area contributed by atoms with Crippen LogP contribution in [0.1, 0.15) is 49.7 Å². The van der Waals surface area contributed by atoms with Gasteiger partial charge in [0.25, 0.3) is 0 Å². The number of rotatable bonds is 4. The molecule has 0 saturated carbocycles. The summed E-state index contributed by atoms with van der Waals surface area (Å²) in [6, 6.07) is 6.37. The van der Waals surface area contributed by atoms with E-state index >= 15 is 0 Å². The molecule has 1 unspecified atom stereocenters. The number of methoxy groups -OCH3 is 1. The van der Waals surface area contributed by atoms with Gasteiger partial charge < -0.3 is 15.0 Å². The number of hydrogen-bond donors (Lipinski definition) is 1. The zero-order valence-electron chi connectivity index (χ0n) is 15.9. The largest absolute Gasteiger partial charge is 0.497 e. The molecule has 2 aliphatic heterocycles. The van der Waals surface area contributed by atoms with E-state index in [1.807, 2.05) is 6.07 Å². The highest BCUT2D eigenvalue weighted by atomic mass is 16.5. The predicted octanol–water partition coefficient (Wildman–Crippen LogP) is 3.41. The van der Waals surface area contributed by atoms with E-state index in [0.717, 1.165) is 50.1 Å². The molecule has 1 aromatic rings. The van der Waals surface area contributed by atoms with E-state index in [9.17, 15) is 4.79 Å². The van der Waals surface area contributed by atoms with Crippen molar-refractivity contribution in [2.24, 2.45) is 5.92 Å². The fourth-order valence-electron chi connectivity index (χ4n) is 4.85. The fourth-order valence-corrected chi connectivity index (χ4v) is 4.85. The van der Waals surface area contributed by atoms with E-state index in [1.165, 1.54) is 49.1 Å². The van der Waals surface area contributed by atoms with Gasteiger partial charge in [-0.25, -0.2) is 0 Å². The molecule has 1 fully saturated rings. The van der Waals surface area contributed by atoms with E-state index in [4.69, 9.17) is 4.74 Å². The maximum Gasteiger partial charge on any atom is 0.247 e. The number of hydrogen-bond acceptors (Lipinski definition) is 3. The first-order chi connectivity index (χ1) is 12.8. The van der Waals surface area contributed by atoms with Gasteiger partial charge in [0.1, 0.15) is 5.75 Å². The van der Waals surface area contributed by atoms with E-state index in [-0.39, 0.29) is 5.91 Å². The number of carbonyl (C=O) groups is 1. The zero-order chi connectivity index (χ0) is 17.9. The Labute approximate surface area is 156 Å². The molecule has 4 heteroatoms. The van der Waals surface area contributed by atoms with Gasteiger partial charge in [0.2, 0.25) is 5.91 Å². The normalized spacial score (nSPS) is 23.7. The molecule has 0 aromatic heterocycles. The summed E-state index contributed by atoms with van der Waals surface area (Å²) >= 11 is 0. The average Bonchev–Trinajstić information content (AvgIpc) is 2.85. The Hall–Kier alpha value is -1.81. The summed E-state index contributed by atoms with van der Waals surface area (Å²) in [5.41, 5.74) is 4.97. The predicted molar refractivity (Wildman–Crippen MR) is 104 cm³/mol. The molecule has 0 radical (unpaired) electrons. The molecule has 1 saturated heterocycles. The third kappa shape index (κ3) is 3.52. The number of carbonyl (C=O) groups excluding carboxylic acids is 1. The molecule has 2 heterocycles. The Balaban J connectivity index is 1.67. The lowest BCUT2D eigenvalue weighted by Crippen LogP contribution is -2.32. The molecule has 1 aromatic carbocycles. The molecule has 4 nitrogen and oxygen atoms in total. The fraction of sp³-hybridized carbons (Fsp3) is 0.591. The average molecular weight is 354 g/mol. The number of likely N-dealkylation sites (tertiary alicyclic amines) is 1. The molecule has 140 valence electrons. The number of aryl methyl sites for hydroxylation is 1. The Morgan fingerprint density at radius 1 is 1.19 bits per heavy atom. The lowest BCUT2D eigenvalue weighted by atomic mass is 9.75. The number of allylic oxidation sites excluding steroid dienone is 1. The third-order valence-electron chi connectivity index (χ3n) is 6.28. The summed E-state index contributed by atoms with van der Waals surface area (Å²) < 4.78 is 5.41. The van der Waals surface area contributed by atoms with Crippen molar-refractivity contribution in [1.82, 2.24) is 10.2 Å². The molecule has 0 bridgehead atoms. The van der Waals surface area contributed by atoms with Crippen molar-refractivity contribution in [3.63, 3.8) is 0 Å². The van der Waals surface area contributed by atoms with Crippen molar-refractivity contribution in [2.45, 2.75) is 44.9 Å². The van der Waals surface area contributed by atoms with Crippen molar-refractivity contribution in [1.29, 1.82) is 0 Å². The van der Waals surface area contributed by atoms with Crippen LogP contribution in [-0.2, 0) is 11.2 Å². The number of fused-ring (bicyclic) bond motifs is 3. The zero-order valence-corrected chi connectivity index (χ0v) is 15.9. The van der Waals surface area contributed by atoms with Crippen LogP contribution < -0.4 is 10.1 Å². The van der Waals surface area contributed by atoms with Gasteiger partial charge in [0, 0.05) is 18.7 Å². The first-order valence-corrected chi connectivity index (χ1v) is 10.2. The SMILES string of the molecule is COc1ccc2c(c1)CCC1CCNC(=O)C(CCN3CCCCC3)=C21. The quantitative estimate of drug-likeness (QED) is 0.901. The second-order valence-electron chi connectivity index (χ2n) is 7.85. The number of amides is 1. The Morgan fingerprint density at radius 3 is 2.85 bits per heavy atom. The third-order valence-corrected chi connectivity index (χ3v) is 6.28. The van der Waals surface area contributed by atoms with Crippen LogP contribution in [0.5, 0.6) is 5.75 Å². The Morgan fingerprint density at radius 2 is 2.04 bits per heavy atom. The smallest absolute Gasteiger partial charge is 0.247 e. The van der Waals surface area contributed by atoms with Gasteiger partial charge in [-0.2, -0.15) is 0 Å².